The molecule has 0 radical (unpaired) electrons. The normalized spacial score (nSPS) is 14.5. The first-order valence-corrected chi connectivity index (χ1v) is 19.9. The van der Waals surface area contributed by atoms with Gasteiger partial charge >= 0.3 is 0 Å². The maximum atomic E-state index is 4.79. The molecule has 0 unspecified atom stereocenters. The number of hydrogen-bond donors (Lipinski definition) is 0. The smallest absolute Gasteiger partial charge is 0.252 e. The lowest BCUT2D eigenvalue weighted by atomic mass is 9.33. The standard InChI is InChI=1S/C49H38BN7/c1-3-11-33(12-4-1)37-29-46-48-47(30-37)57(39-21-17-34(18-22-39)49-54-31-51-32-55-49)45-28-36(43-16-8-10-26-53-43)20-24-41(45)50(48)40-23-19-35(42-15-7-9-25-52-42)27-44(40)56(46)38-13-5-2-6-14-38/h2,5-10,13-33H,1,3-4,11-12H2. The lowest BCUT2D eigenvalue weighted by Crippen LogP contribution is -2.61. The minimum absolute atomic E-state index is 0.00308. The molecule has 0 atom stereocenters. The Bertz CT molecular complexity index is 2720. The molecule has 272 valence electrons. The Morgan fingerprint density at radius 1 is 0.474 bits per heavy atom. The highest BCUT2D eigenvalue weighted by molar-refractivity contribution is 7.00. The molecule has 57 heavy (non-hydrogen) atoms. The Morgan fingerprint density at radius 3 is 1.58 bits per heavy atom. The van der Waals surface area contributed by atoms with Crippen LogP contribution in [0.4, 0.5) is 34.1 Å². The first kappa shape index (κ1) is 33.4. The zero-order valence-electron chi connectivity index (χ0n) is 31.4. The molecule has 3 aromatic heterocycles. The molecule has 0 bridgehead atoms. The molecule has 8 heteroatoms. The summed E-state index contributed by atoms with van der Waals surface area (Å²) in [5.41, 5.74) is 17.3. The largest absolute Gasteiger partial charge is 0.311 e. The van der Waals surface area contributed by atoms with Gasteiger partial charge < -0.3 is 9.80 Å². The molecule has 2 aliphatic heterocycles. The van der Waals surface area contributed by atoms with Gasteiger partial charge in [0.05, 0.1) is 11.4 Å². The van der Waals surface area contributed by atoms with E-state index in [1.807, 2.05) is 24.5 Å². The zero-order chi connectivity index (χ0) is 37.7. The molecule has 3 aliphatic rings. The molecular formula is C49H38BN7. The fraction of sp³-hybridized carbons (Fsp3) is 0.122. The third kappa shape index (κ3) is 5.79. The van der Waals surface area contributed by atoms with Gasteiger partial charge in [0.25, 0.3) is 6.71 Å². The second-order valence-electron chi connectivity index (χ2n) is 15.2. The number of anilines is 6. The molecule has 7 nitrogen and oxygen atoms in total. The number of hydrogen-bond acceptors (Lipinski definition) is 7. The van der Waals surface area contributed by atoms with Crippen molar-refractivity contribution in [3.8, 4) is 33.9 Å². The number of pyridine rings is 2. The quantitative estimate of drug-likeness (QED) is 0.158. The first-order chi connectivity index (χ1) is 28.3. The summed E-state index contributed by atoms with van der Waals surface area (Å²) in [4.78, 5) is 27.5. The van der Waals surface area contributed by atoms with Gasteiger partial charge in [0.1, 0.15) is 12.7 Å². The molecular weight excluding hydrogens is 697 g/mol. The van der Waals surface area contributed by atoms with E-state index >= 15 is 0 Å². The molecule has 1 saturated carbocycles. The molecule has 11 rings (SSSR count). The average Bonchev–Trinajstić information content (AvgIpc) is 3.30. The van der Waals surface area contributed by atoms with Gasteiger partial charge in [-0.15, -0.1) is 0 Å². The maximum Gasteiger partial charge on any atom is 0.252 e. The highest BCUT2D eigenvalue weighted by Gasteiger charge is 2.44. The Labute approximate surface area is 332 Å². The number of benzene rings is 5. The van der Waals surface area contributed by atoms with Crippen LogP contribution >= 0.6 is 0 Å². The van der Waals surface area contributed by atoms with Crippen LogP contribution in [0, 0.1) is 0 Å². The summed E-state index contributed by atoms with van der Waals surface area (Å²) in [5.74, 6) is 1.15. The predicted octanol–water partition coefficient (Wildman–Crippen LogP) is 9.79. The lowest BCUT2D eigenvalue weighted by molar-refractivity contribution is 0.444. The monoisotopic (exact) mass is 735 g/mol. The van der Waals surface area contributed by atoms with Crippen molar-refractivity contribution in [2.24, 2.45) is 0 Å². The van der Waals surface area contributed by atoms with E-state index < -0.39 is 0 Å². The van der Waals surface area contributed by atoms with Crippen LogP contribution in [0.25, 0.3) is 33.9 Å². The van der Waals surface area contributed by atoms with E-state index in [-0.39, 0.29) is 6.71 Å². The minimum Gasteiger partial charge on any atom is -0.311 e. The van der Waals surface area contributed by atoms with Crippen LogP contribution in [0.2, 0.25) is 0 Å². The molecule has 0 amide bonds. The Hall–Kier alpha value is -6.93. The number of rotatable bonds is 6. The van der Waals surface area contributed by atoms with Crippen molar-refractivity contribution in [2.75, 3.05) is 9.80 Å². The van der Waals surface area contributed by atoms with Gasteiger partial charge in [-0.3, -0.25) is 9.97 Å². The number of aromatic nitrogens is 5. The summed E-state index contributed by atoms with van der Waals surface area (Å²) >= 11 is 0. The Kier molecular flexibility index (Phi) is 8.20. The van der Waals surface area contributed by atoms with E-state index in [1.165, 1.54) is 71.1 Å². The van der Waals surface area contributed by atoms with Gasteiger partial charge in [-0.1, -0.05) is 73.9 Å². The van der Waals surface area contributed by atoms with Crippen LogP contribution in [0.5, 0.6) is 0 Å². The second-order valence-corrected chi connectivity index (χ2v) is 15.2. The summed E-state index contributed by atoms with van der Waals surface area (Å²) in [6.45, 7) is -0.00308. The second kappa shape index (κ2) is 14.0. The van der Waals surface area contributed by atoms with Crippen LogP contribution in [-0.4, -0.2) is 31.6 Å². The van der Waals surface area contributed by atoms with Crippen molar-refractivity contribution in [3.63, 3.8) is 0 Å². The van der Waals surface area contributed by atoms with E-state index in [4.69, 9.17) is 9.97 Å². The Balaban J connectivity index is 1.20. The first-order valence-electron chi connectivity index (χ1n) is 19.9. The van der Waals surface area contributed by atoms with E-state index in [0.717, 1.165) is 45.1 Å². The highest BCUT2D eigenvalue weighted by Crippen LogP contribution is 2.47. The summed E-state index contributed by atoms with van der Waals surface area (Å²) in [7, 11) is 0. The predicted molar refractivity (Wildman–Crippen MR) is 232 cm³/mol. The molecule has 5 aromatic carbocycles. The van der Waals surface area contributed by atoms with Crippen molar-refractivity contribution in [2.45, 2.75) is 38.0 Å². The third-order valence-corrected chi connectivity index (χ3v) is 12.0. The van der Waals surface area contributed by atoms with Crippen molar-refractivity contribution in [1.29, 1.82) is 0 Å². The minimum atomic E-state index is -0.00308. The van der Waals surface area contributed by atoms with Crippen molar-refractivity contribution in [3.05, 3.63) is 170 Å². The van der Waals surface area contributed by atoms with Crippen molar-refractivity contribution < 1.29 is 0 Å². The highest BCUT2D eigenvalue weighted by atomic mass is 15.2. The number of para-hydroxylation sites is 1. The van der Waals surface area contributed by atoms with Gasteiger partial charge in [-0.25, -0.2) is 15.0 Å². The summed E-state index contributed by atoms with van der Waals surface area (Å²) in [6.07, 6.45) is 13.1. The van der Waals surface area contributed by atoms with E-state index in [9.17, 15) is 0 Å². The SMILES string of the molecule is c1ccc(N2c3cc(-c4ccccn4)ccc3B3c4ccc(-c5ccccn5)cc4N(c4ccc(-c5ncncn5)cc4)c4cc(C5CCCCC5)cc2c43)cc1. The number of fused-ring (bicyclic) bond motifs is 4. The topological polar surface area (TPSA) is 70.9 Å². The maximum absolute atomic E-state index is 4.79. The third-order valence-electron chi connectivity index (χ3n) is 12.0. The van der Waals surface area contributed by atoms with E-state index in [0.29, 0.717) is 11.7 Å². The summed E-state index contributed by atoms with van der Waals surface area (Å²) < 4.78 is 0. The summed E-state index contributed by atoms with van der Waals surface area (Å²) in [5, 5.41) is 0. The van der Waals surface area contributed by atoms with Crippen LogP contribution in [0.3, 0.4) is 0 Å². The summed E-state index contributed by atoms with van der Waals surface area (Å²) in [6, 6.07) is 50.8. The van der Waals surface area contributed by atoms with Gasteiger partial charge in [-0.05, 0) is 126 Å². The van der Waals surface area contributed by atoms with E-state index in [1.54, 1.807) is 12.7 Å². The fourth-order valence-corrected chi connectivity index (χ4v) is 9.35. The van der Waals surface area contributed by atoms with Gasteiger partial charge in [0, 0.05) is 63.2 Å². The lowest BCUT2D eigenvalue weighted by Gasteiger charge is -2.45. The van der Waals surface area contributed by atoms with E-state index in [2.05, 4.69) is 152 Å². The van der Waals surface area contributed by atoms with Gasteiger partial charge in [-0.2, -0.15) is 0 Å². The van der Waals surface area contributed by atoms with Gasteiger partial charge in [0.15, 0.2) is 5.82 Å². The van der Waals surface area contributed by atoms with Crippen LogP contribution in [-0.2, 0) is 0 Å². The molecule has 0 saturated heterocycles. The molecule has 1 fully saturated rings. The van der Waals surface area contributed by atoms with Crippen LogP contribution < -0.4 is 26.2 Å². The Morgan fingerprint density at radius 2 is 1.02 bits per heavy atom. The molecule has 1 aliphatic carbocycles. The van der Waals surface area contributed by atoms with Crippen molar-refractivity contribution >= 4 is 57.2 Å². The van der Waals surface area contributed by atoms with Crippen molar-refractivity contribution in [1.82, 2.24) is 24.9 Å². The fourth-order valence-electron chi connectivity index (χ4n) is 9.35. The molecule has 0 spiro atoms. The average molecular weight is 736 g/mol. The molecule has 8 aromatic rings. The zero-order valence-corrected chi connectivity index (χ0v) is 31.4. The molecule has 5 heterocycles. The molecule has 0 N–H and O–H groups in total. The van der Waals surface area contributed by atoms with Crippen LogP contribution in [0.1, 0.15) is 43.6 Å². The number of nitrogens with zero attached hydrogens (tertiary/aromatic N) is 7. The van der Waals surface area contributed by atoms with Crippen LogP contribution in [0.15, 0.2) is 165 Å². The van der Waals surface area contributed by atoms with Gasteiger partial charge in [0.2, 0.25) is 0 Å².